The maximum Gasteiger partial charge on any atom is 0.233 e. The lowest BCUT2D eigenvalue weighted by Gasteiger charge is -2.26. The summed E-state index contributed by atoms with van der Waals surface area (Å²) >= 11 is 3.50. The Balaban J connectivity index is 1.83. The molecule has 0 aliphatic heterocycles. The second kappa shape index (κ2) is 9.15. The number of fused-ring (bicyclic) bond motifs is 1. The Hall–Kier alpha value is -2.18. The van der Waals surface area contributed by atoms with Crippen LogP contribution in [0.4, 0.5) is 5.69 Å². The fraction of sp³-hybridized carbons (Fsp3) is 0.333. The summed E-state index contributed by atoms with van der Waals surface area (Å²) in [5, 5.41) is 5.01. The van der Waals surface area contributed by atoms with Crippen molar-refractivity contribution in [3.8, 4) is 0 Å². The van der Waals surface area contributed by atoms with E-state index in [1.807, 2.05) is 53.4 Å². The zero-order chi connectivity index (χ0) is 19.2. The van der Waals surface area contributed by atoms with Crippen LogP contribution in [0.15, 0.2) is 57.5 Å². The van der Waals surface area contributed by atoms with Crippen LogP contribution in [0.3, 0.4) is 0 Å². The van der Waals surface area contributed by atoms with Crippen LogP contribution in [-0.4, -0.2) is 42.1 Å². The molecule has 0 saturated heterocycles. The van der Waals surface area contributed by atoms with Gasteiger partial charge in [0.25, 0.3) is 0 Å². The molecule has 27 heavy (non-hydrogen) atoms. The van der Waals surface area contributed by atoms with E-state index in [2.05, 4.69) is 39.8 Å². The van der Waals surface area contributed by atoms with Crippen LogP contribution in [0, 0.1) is 0 Å². The second-order valence-corrected chi connectivity index (χ2v) is 7.27. The van der Waals surface area contributed by atoms with Gasteiger partial charge in [-0.3, -0.25) is 4.79 Å². The molecule has 1 amide bonds. The third-order valence-electron chi connectivity index (χ3n) is 4.73. The largest absolute Gasteiger partial charge is 0.356 e. The fourth-order valence-electron chi connectivity index (χ4n) is 3.13. The summed E-state index contributed by atoms with van der Waals surface area (Å²) in [6.45, 7) is 7.65. The molecule has 2 aromatic carbocycles. The number of likely N-dealkylation sites (N-methyl/N-ethyl adjacent to an activating group) is 1. The molecule has 0 unspecified atom stereocenters. The van der Waals surface area contributed by atoms with E-state index in [1.165, 1.54) is 0 Å². The number of anilines is 1. The Bertz CT molecular complexity index is 905. The lowest BCUT2D eigenvalue weighted by molar-refractivity contribution is -0.118. The first kappa shape index (κ1) is 19.6. The van der Waals surface area contributed by atoms with Crippen LogP contribution in [0.1, 0.15) is 19.5 Å². The zero-order valence-corrected chi connectivity index (χ0v) is 17.3. The monoisotopic (exact) mass is 429 g/mol. The third-order valence-corrected chi connectivity index (χ3v) is 5.22. The van der Waals surface area contributed by atoms with Gasteiger partial charge in [0.05, 0.1) is 6.42 Å². The van der Waals surface area contributed by atoms with Crippen LogP contribution >= 0.6 is 15.9 Å². The smallest absolute Gasteiger partial charge is 0.233 e. The van der Waals surface area contributed by atoms with Gasteiger partial charge >= 0.3 is 0 Å². The lowest BCUT2D eigenvalue weighted by Crippen LogP contribution is -2.39. The lowest BCUT2D eigenvalue weighted by atomic mass is 10.1. The number of rotatable bonds is 8. The van der Waals surface area contributed by atoms with Gasteiger partial charge < -0.3 is 14.3 Å². The van der Waals surface area contributed by atoms with E-state index in [9.17, 15) is 4.79 Å². The van der Waals surface area contributed by atoms with E-state index >= 15 is 0 Å². The standard InChI is InChI=1S/C21H24BrN3O2/c1-3-24(4-2)12-13-25(17-9-7-8-16(22)14-17)21(26)15-19-18-10-5-6-11-20(18)27-23-19/h5-11,14H,3-4,12-13,15H2,1-2H3. The molecule has 3 aromatic rings. The summed E-state index contributed by atoms with van der Waals surface area (Å²) in [7, 11) is 0. The first-order valence-electron chi connectivity index (χ1n) is 9.24. The molecule has 5 nitrogen and oxygen atoms in total. The van der Waals surface area contributed by atoms with Crippen molar-refractivity contribution in [2.45, 2.75) is 20.3 Å². The van der Waals surface area contributed by atoms with Crippen molar-refractivity contribution >= 4 is 38.5 Å². The number of hydrogen-bond donors (Lipinski definition) is 0. The van der Waals surface area contributed by atoms with E-state index in [-0.39, 0.29) is 12.3 Å². The summed E-state index contributed by atoms with van der Waals surface area (Å²) in [6.07, 6.45) is 0.210. The molecule has 0 radical (unpaired) electrons. The van der Waals surface area contributed by atoms with Crippen molar-refractivity contribution in [1.29, 1.82) is 0 Å². The Kier molecular flexibility index (Phi) is 6.63. The van der Waals surface area contributed by atoms with E-state index < -0.39 is 0 Å². The van der Waals surface area contributed by atoms with Crippen LogP contribution in [0.2, 0.25) is 0 Å². The molecule has 0 saturated carbocycles. The average molecular weight is 430 g/mol. The minimum Gasteiger partial charge on any atom is -0.356 e. The van der Waals surface area contributed by atoms with Crippen molar-refractivity contribution in [3.63, 3.8) is 0 Å². The summed E-state index contributed by atoms with van der Waals surface area (Å²) in [5.74, 6) is 0.0132. The molecule has 3 rings (SSSR count). The Labute approximate surface area is 168 Å². The minimum atomic E-state index is 0.0132. The average Bonchev–Trinajstić information content (AvgIpc) is 3.08. The van der Waals surface area contributed by atoms with Crippen molar-refractivity contribution in [3.05, 3.63) is 58.7 Å². The Morgan fingerprint density at radius 1 is 1.07 bits per heavy atom. The molecule has 0 N–H and O–H groups in total. The molecule has 0 spiro atoms. The number of carbonyl (C=O) groups is 1. The number of halogens is 1. The van der Waals surface area contributed by atoms with Crippen molar-refractivity contribution in [2.24, 2.45) is 0 Å². The van der Waals surface area contributed by atoms with Crippen LogP contribution in [0.5, 0.6) is 0 Å². The van der Waals surface area contributed by atoms with Gasteiger partial charge in [-0.15, -0.1) is 0 Å². The Morgan fingerprint density at radius 3 is 2.59 bits per heavy atom. The predicted octanol–water partition coefficient (Wildman–Crippen LogP) is 4.51. The highest BCUT2D eigenvalue weighted by Gasteiger charge is 2.20. The van der Waals surface area contributed by atoms with E-state index in [4.69, 9.17) is 4.52 Å². The zero-order valence-electron chi connectivity index (χ0n) is 15.7. The van der Waals surface area contributed by atoms with Gasteiger partial charge in [0.15, 0.2) is 5.58 Å². The number of amides is 1. The van der Waals surface area contributed by atoms with Gasteiger partial charge in [-0.1, -0.05) is 53.1 Å². The van der Waals surface area contributed by atoms with Gasteiger partial charge in [0.2, 0.25) is 5.91 Å². The fourth-order valence-corrected chi connectivity index (χ4v) is 3.51. The van der Waals surface area contributed by atoms with Crippen LogP contribution in [-0.2, 0) is 11.2 Å². The molecule has 0 atom stereocenters. The highest BCUT2D eigenvalue weighted by molar-refractivity contribution is 9.10. The van der Waals surface area contributed by atoms with Gasteiger partial charge in [0.1, 0.15) is 5.69 Å². The SMILES string of the molecule is CCN(CC)CCN(C(=O)Cc1noc2ccccc12)c1cccc(Br)c1. The minimum absolute atomic E-state index is 0.0132. The number of para-hydroxylation sites is 1. The van der Waals surface area contributed by atoms with Gasteiger partial charge in [0, 0.05) is 28.6 Å². The van der Waals surface area contributed by atoms with Crippen molar-refractivity contribution in [2.75, 3.05) is 31.1 Å². The van der Waals surface area contributed by atoms with E-state index in [0.717, 1.165) is 35.2 Å². The molecular formula is C21H24BrN3O2. The highest BCUT2D eigenvalue weighted by atomic mass is 79.9. The molecular weight excluding hydrogens is 406 g/mol. The normalized spacial score (nSPS) is 11.3. The number of aromatic nitrogens is 1. The molecule has 0 bridgehead atoms. The maximum atomic E-state index is 13.2. The maximum absolute atomic E-state index is 13.2. The van der Waals surface area contributed by atoms with Gasteiger partial charge in [-0.05, 0) is 43.4 Å². The molecule has 0 aliphatic carbocycles. The van der Waals surface area contributed by atoms with Crippen molar-refractivity contribution < 1.29 is 9.32 Å². The van der Waals surface area contributed by atoms with Crippen molar-refractivity contribution in [1.82, 2.24) is 10.1 Å². The van der Waals surface area contributed by atoms with Crippen LogP contribution in [0.25, 0.3) is 11.0 Å². The molecule has 6 heteroatoms. The number of nitrogens with zero attached hydrogens (tertiary/aromatic N) is 3. The predicted molar refractivity (Wildman–Crippen MR) is 112 cm³/mol. The number of carbonyl (C=O) groups excluding carboxylic acids is 1. The third kappa shape index (κ3) is 4.76. The van der Waals surface area contributed by atoms with E-state index in [1.54, 1.807) is 0 Å². The topological polar surface area (TPSA) is 49.6 Å². The summed E-state index contributed by atoms with van der Waals surface area (Å²) < 4.78 is 6.30. The molecule has 0 aliphatic rings. The van der Waals surface area contributed by atoms with E-state index in [0.29, 0.717) is 17.8 Å². The van der Waals surface area contributed by atoms with Gasteiger partial charge in [-0.2, -0.15) is 0 Å². The number of hydrogen-bond acceptors (Lipinski definition) is 4. The highest BCUT2D eigenvalue weighted by Crippen LogP contribution is 2.23. The summed E-state index contributed by atoms with van der Waals surface area (Å²) in [6, 6.07) is 15.5. The first-order valence-corrected chi connectivity index (χ1v) is 10.0. The molecule has 0 fully saturated rings. The first-order chi connectivity index (χ1) is 13.1. The second-order valence-electron chi connectivity index (χ2n) is 6.35. The quantitative estimate of drug-likeness (QED) is 0.528. The van der Waals surface area contributed by atoms with Gasteiger partial charge in [-0.25, -0.2) is 0 Å². The summed E-state index contributed by atoms with van der Waals surface area (Å²) in [4.78, 5) is 17.3. The number of benzene rings is 2. The summed E-state index contributed by atoms with van der Waals surface area (Å²) in [5.41, 5.74) is 2.27. The van der Waals surface area contributed by atoms with Crippen LogP contribution < -0.4 is 4.90 Å². The Morgan fingerprint density at radius 2 is 1.85 bits per heavy atom. The molecule has 1 aromatic heterocycles. The molecule has 1 heterocycles. The molecule has 142 valence electrons.